The molecule has 0 radical (unpaired) electrons. The second-order valence-corrected chi connectivity index (χ2v) is 4.80. The van der Waals surface area contributed by atoms with E-state index in [-0.39, 0.29) is 18.9 Å². The van der Waals surface area contributed by atoms with Gasteiger partial charge in [-0.1, -0.05) is 6.92 Å². The van der Waals surface area contributed by atoms with Crippen molar-refractivity contribution >= 4 is 11.2 Å². The van der Waals surface area contributed by atoms with Crippen molar-refractivity contribution in [2.24, 2.45) is 5.92 Å². The molecule has 3 atom stereocenters. The first-order valence-electron chi connectivity index (χ1n) is 6.11. The Morgan fingerprint density at radius 1 is 1.50 bits per heavy atom. The third kappa shape index (κ3) is 1.77. The van der Waals surface area contributed by atoms with Crippen molar-refractivity contribution in [3.05, 3.63) is 18.3 Å². The molecule has 2 aromatic heterocycles. The van der Waals surface area contributed by atoms with Crippen molar-refractivity contribution in [3.63, 3.8) is 0 Å². The molecule has 6 heteroatoms. The number of aryl methyl sites for hydroxylation is 1. The Balaban J connectivity index is 1.98. The predicted octanol–water partition coefficient (Wildman–Crippen LogP) is 1.05. The van der Waals surface area contributed by atoms with Gasteiger partial charge in [0, 0.05) is 0 Å². The van der Waals surface area contributed by atoms with E-state index in [1.165, 1.54) is 0 Å². The Morgan fingerprint density at radius 3 is 3.06 bits per heavy atom. The predicted molar refractivity (Wildman–Crippen MR) is 64.8 cm³/mol. The van der Waals surface area contributed by atoms with Gasteiger partial charge in [-0.2, -0.15) is 0 Å². The summed E-state index contributed by atoms with van der Waals surface area (Å²) >= 11 is 0. The van der Waals surface area contributed by atoms with Crippen LogP contribution in [0.15, 0.2) is 12.5 Å². The summed E-state index contributed by atoms with van der Waals surface area (Å²) in [4.78, 5) is 12.8. The van der Waals surface area contributed by atoms with E-state index in [0.717, 1.165) is 17.6 Å². The highest BCUT2D eigenvalue weighted by atomic mass is 16.5. The van der Waals surface area contributed by atoms with Crippen LogP contribution >= 0.6 is 0 Å². The van der Waals surface area contributed by atoms with Gasteiger partial charge in [-0.05, 0) is 19.3 Å². The van der Waals surface area contributed by atoms with Crippen LogP contribution in [-0.4, -0.2) is 37.3 Å². The van der Waals surface area contributed by atoms with E-state index >= 15 is 0 Å². The monoisotopic (exact) mass is 248 g/mol. The Morgan fingerprint density at radius 2 is 2.33 bits per heavy atom. The number of nitrogens with zero attached hydrogens (tertiary/aromatic N) is 4. The van der Waals surface area contributed by atoms with Gasteiger partial charge in [0.15, 0.2) is 5.65 Å². The van der Waals surface area contributed by atoms with E-state index < -0.39 is 0 Å². The molecule has 1 aliphatic heterocycles. The molecule has 1 aliphatic rings. The van der Waals surface area contributed by atoms with Crippen LogP contribution < -0.4 is 0 Å². The third-order valence-corrected chi connectivity index (χ3v) is 3.47. The number of fused-ring (bicyclic) bond motifs is 1. The lowest BCUT2D eigenvalue weighted by atomic mass is 10.0. The van der Waals surface area contributed by atoms with Crippen LogP contribution in [0.4, 0.5) is 0 Å². The van der Waals surface area contributed by atoms with Crippen LogP contribution in [0, 0.1) is 12.8 Å². The molecule has 1 fully saturated rings. The molecule has 1 saturated heterocycles. The molecule has 96 valence electrons. The second kappa shape index (κ2) is 4.29. The normalized spacial score (nSPS) is 28.1. The molecule has 6 nitrogen and oxygen atoms in total. The van der Waals surface area contributed by atoms with Crippen molar-refractivity contribution in [2.45, 2.75) is 32.6 Å². The molecular formula is C12H16N4O2. The number of rotatable bonds is 2. The Kier molecular flexibility index (Phi) is 2.76. The average Bonchev–Trinajstić information content (AvgIpc) is 2.91. The van der Waals surface area contributed by atoms with Crippen molar-refractivity contribution in [2.75, 3.05) is 6.61 Å². The first kappa shape index (κ1) is 11.6. The van der Waals surface area contributed by atoms with Crippen molar-refractivity contribution in [3.8, 4) is 0 Å². The molecule has 3 rings (SSSR count). The van der Waals surface area contributed by atoms with Gasteiger partial charge in [-0.3, -0.25) is 4.57 Å². The highest BCUT2D eigenvalue weighted by Crippen LogP contribution is 2.34. The van der Waals surface area contributed by atoms with Gasteiger partial charge in [0.05, 0.1) is 25.2 Å². The number of hydrogen-bond acceptors (Lipinski definition) is 5. The second-order valence-electron chi connectivity index (χ2n) is 4.80. The number of ether oxygens (including phenoxy) is 1. The highest BCUT2D eigenvalue weighted by Gasteiger charge is 2.33. The van der Waals surface area contributed by atoms with E-state index in [9.17, 15) is 5.11 Å². The Bertz CT molecular complexity index is 568. The molecule has 0 bridgehead atoms. The molecule has 0 aliphatic carbocycles. The molecule has 0 aromatic carbocycles. The van der Waals surface area contributed by atoms with Gasteiger partial charge in [0.2, 0.25) is 0 Å². The smallest absolute Gasteiger partial charge is 0.165 e. The molecular weight excluding hydrogens is 232 g/mol. The van der Waals surface area contributed by atoms with Crippen molar-refractivity contribution in [1.29, 1.82) is 0 Å². The minimum Gasteiger partial charge on any atom is -0.394 e. The van der Waals surface area contributed by atoms with E-state index in [2.05, 4.69) is 21.9 Å². The number of imidazole rings is 1. The SMILES string of the molecule is Cc1ncc2ncn(C3CC(C)C(CO)O3)c2n1. The van der Waals surface area contributed by atoms with Crippen molar-refractivity contribution < 1.29 is 9.84 Å². The molecule has 0 saturated carbocycles. The maximum absolute atomic E-state index is 9.23. The zero-order chi connectivity index (χ0) is 12.7. The summed E-state index contributed by atoms with van der Waals surface area (Å²) in [6.45, 7) is 3.99. The van der Waals surface area contributed by atoms with E-state index in [0.29, 0.717) is 11.7 Å². The maximum Gasteiger partial charge on any atom is 0.165 e. The van der Waals surface area contributed by atoms with E-state index in [4.69, 9.17) is 4.74 Å². The largest absolute Gasteiger partial charge is 0.394 e. The quantitative estimate of drug-likeness (QED) is 0.860. The van der Waals surface area contributed by atoms with Crippen LogP contribution in [0.25, 0.3) is 11.2 Å². The summed E-state index contributed by atoms with van der Waals surface area (Å²) in [5.74, 6) is 1.05. The lowest BCUT2D eigenvalue weighted by Gasteiger charge is -2.14. The number of aliphatic hydroxyl groups is 1. The van der Waals surface area contributed by atoms with E-state index in [1.807, 2.05) is 11.5 Å². The number of hydrogen-bond donors (Lipinski definition) is 1. The first-order chi connectivity index (χ1) is 8.69. The molecule has 1 N–H and O–H groups in total. The lowest BCUT2D eigenvalue weighted by Crippen LogP contribution is -2.18. The number of aliphatic hydroxyl groups excluding tert-OH is 1. The molecule has 18 heavy (non-hydrogen) atoms. The zero-order valence-electron chi connectivity index (χ0n) is 10.4. The average molecular weight is 248 g/mol. The summed E-state index contributed by atoms with van der Waals surface area (Å²) in [7, 11) is 0. The van der Waals surface area contributed by atoms with Gasteiger partial charge in [0.25, 0.3) is 0 Å². The topological polar surface area (TPSA) is 73.1 Å². The summed E-state index contributed by atoms with van der Waals surface area (Å²) in [5, 5.41) is 9.23. The lowest BCUT2D eigenvalue weighted by molar-refractivity contribution is -0.0277. The fourth-order valence-corrected chi connectivity index (χ4v) is 2.39. The maximum atomic E-state index is 9.23. The highest BCUT2D eigenvalue weighted by molar-refractivity contribution is 5.69. The van der Waals surface area contributed by atoms with Crippen LogP contribution in [0.5, 0.6) is 0 Å². The Hall–Kier alpha value is -1.53. The van der Waals surface area contributed by atoms with Crippen molar-refractivity contribution in [1.82, 2.24) is 19.5 Å². The molecule has 3 unspecified atom stereocenters. The molecule has 3 heterocycles. The summed E-state index contributed by atoms with van der Waals surface area (Å²) in [6, 6.07) is 0. The fraction of sp³-hybridized carbons (Fsp3) is 0.583. The van der Waals surface area contributed by atoms with Gasteiger partial charge in [0.1, 0.15) is 17.6 Å². The van der Waals surface area contributed by atoms with Crippen LogP contribution in [0.3, 0.4) is 0 Å². The first-order valence-corrected chi connectivity index (χ1v) is 6.11. The fourth-order valence-electron chi connectivity index (χ4n) is 2.39. The van der Waals surface area contributed by atoms with Gasteiger partial charge in [-0.15, -0.1) is 0 Å². The summed E-state index contributed by atoms with van der Waals surface area (Å²) in [5.41, 5.74) is 1.56. The van der Waals surface area contributed by atoms with E-state index in [1.54, 1.807) is 12.5 Å². The van der Waals surface area contributed by atoms with Gasteiger partial charge >= 0.3 is 0 Å². The molecule has 2 aromatic rings. The molecule has 0 amide bonds. The standard InChI is InChI=1S/C12H16N4O2/c1-7-3-11(18-10(7)5-17)16-6-14-9-4-13-8(2)15-12(9)16/h4,6-7,10-11,17H,3,5H2,1-2H3. The molecule has 0 spiro atoms. The van der Waals surface area contributed by atoms with Crippen LogP contribution in [-0.2, 0) is 4.74 Å². The van der Waals surface area contributed by atoms with Gasteiger partial charge in [-0.25, -0.2) is 15.0 Å². The zero-order valence-corrected chi connectivity index (χ0v) is 10.4. The minimum atomic E-state index is -0.101. The van der Waals surface area contributed by atoms with Gasteiger partial charge < -0.3 is 9.84 Å². The van der Waals surface area contributed by atoms with Crippen LogP contribution in [0.2, 0.25) is 0 Å². The van der Waals surface area contributed by atoms with Crippen LogP contribution in [0.1, 0.15) is 25.4 Å². The number of aromatic nitrogens is 4. The Labute approximate surface area is 105 Å². The minimum absolute atomic E-state index is 0.0539. The summed E-state index contributed by atoms with van der Waals surface area (Å²) in [6.07, 6.45) is 4.11. The summed E-state index contributed by atoms with van der Waals surface area (Å²) < 4.78 is 7.75. The third-order valence-electron chi connectivity index (χ3n) is 3.47.